The van der Waals surface area contributed by atoms with E-state index in [0.717, 1.165) is 24.5 Å². The molecule has 14 heavy (non-hydrogen) atoms. The summed E-state index contributed by atoms with van der Waals surface area (Å²) in [5.41, 5.74) is 6.31. The van der Waals surface area contributed by atoms with Crippen LogP contribution in [0.25, 0.3) is 0 Å². The molecule has 1 aromatic rings. The summed E-state index contributed by atoms with van der Waals surface area (Å²) < 4.78 is 2.12. The molecule has 0 saturated carbocycles. The average molecular weight is 195 g/mol. The number of hydrogen-bond acceptors (Lipinski definition) is 3. The number of imidazole rings is 1. The van der Waals surface area contributed by atoms with Crippen molar-refractivity contribution in [3.8, 4) is 0 Å². The second kappa shape index (κ2) is 3.71. The SMILES string of the molecule is CC1CCc2ncc(C(O)CN)n2C1. The van der Waals surface area contributed by atoms with Crippen molar-refractivity contribution in [2.75, 3.05) is 6.54 Å². The molecule has 1 aromatic heterocycles. The van der Waals surface area contributed by atoms with E-state index in [0.29, 0.717) is 5.92 Å². The minimum absolute atomic E-state index is 0.263. The highest BCUT2D eigenvalue weighted by molar-refractivity contribution is 5.11. The van der Waals surface area contributed by atoms with Crippen LogP contribution in [0.15, 0.2) is 6.20 Å². The van der Waals surface area contributed by atoms with Gasteiger partial charge in [-0.25, -0.2) is 4.98 Å². The van der Waals surface area contributed by atoms with Crippen molar-refractivity contribution in [3.63, 3.8) is 0 Å². The minimum Gasteiger partial charge on any atom is -0.385 e. The van der Waals surface area contributed by atoms with Gasteiger partial charge in [0.25, 0.3) is 0 Å². The molecule has 0 aromatic carbocycles. The van der Waals surface area contributed by atoms with Crippen molar-refractivity contribution in [2.24, 2.45) is 11.7 Å². The molecule has 78 valence electrons. The number of fused-ring (bicyclic) bond motifs is 1. The highest BCUT2D eigenvalue weighted by Crippen LogP contribution is 2.23. The number of aliphatic hydroxyl groups is 1. The number of hydrogen-bond donors (Lipinski definition) is 2. The van der Waals surface area contributed by atoms with Gasteiger partial charge in [0, 0.05) is 19.5 Å². The van der Waals surface area contributed by atoms with Gasteiger partial charge in [-0.3, -0.25) is 0 Å². The summed E-state index contributed by atoms with van der Waals surface area (Å²) in [6.45, 7) is 3.45. The first-order valence-electron chi connectivity index (χ1n) is 5.14. The van der Waals surface area contributed by atoms with E-state index in [1.807, 2.05) is 0 Å². The fourth-order valence-electron chi connectivity index (χ4n) is 2.00. The van der Waals surface area contributed by atoms with Gasteiger partial charge in [-0.05, 0) is 12.3 Å². The Bertz CT molecular complexity index is 321. The summed E-state index contributed by atoms with van der Waals surface area (Å²) in [4.78, 5) is 4.31. The number of nitrogens with zero attached hydrogens (tertiary/aromatic N) is 2. The van der Waals surface area contributed by atoms with E-state index in [1.54, 1.807) is 6.20 Å². The van der Waals surface area contributed by atoms with Crippen LogP contribution >= 0.6 is 0 Å². The molecule has 1 aliphatic rings. The number of aryl methyl sites for hydroxylation is 1. The predicted molar refractivity (Wildman–Crippen MR) is 53.7 cm³/mol. The molecular weight excluding hydrogens is 178 g/mol. The van der Waals surface area contributed by atoms with Gasteiger partial charge in [-0.15, -0.1) is 0 Å². The lowest BCUT2D eigenvalue weighted by atomic mass is 10.0. The van der Waals surface area contributed by atoms with Gasteiger partial charge in [-0.1, -0.05) is 6.92 Å². The first kappa shape index (κ1) is 9.68. The highest BCUT2D eigenvalue weighted by Gasteiger charge is 2.21. The van der Waals surface area contributed by atoms with Crippen molar-refractivity contribution < 1.29 is 5.11 Å². The molecule has 4 heteroatoms. The van der Waals surface area contributed by atoms with Crippen molar-refractivity contribution >= 4 is 0 Å². The molecule has 0 bridgehead atoms. The van der Waals surface area contributed by atoms with E-state index >= 15 is 0 Å². The van der Waals surface area contributed by atoms with Crippen molar-refractivity contribution in [1.82, 2.24) is 9.55 Å². The molecule has 2 atom stereocenters. The summed E-state index contributed by atoms with van der Waals surface area (Å²) in [5.74, 6) is 1.76. The van der Waals surface area contributed by atoms with Gasteiger partial charge in [0.05, 0.1) is 11.9 Å². The molecule has 0 aliphatic carbocycles. The molecule has 3 N–H and O–H groups in total. The molecule has 1 aliphatic heterocycles. The number of rotatable bonds is 2. The summed E-state index contributed by atoms with van der Waals surface area (Å²) in [5, 5.41) is 9.67. The lowest BCUT2D eigenvalue weighted by molar-refractivity contribution is 0.173. The van der Waals surface area contributed by atoms with Gasteiger partial charge in [-0.2, -0.15) is 0 Å². The molecule has 0 amide bonds. The average Bonchev–Trinajstić information content (AvgIpc) is 2.59. The van der Waals surface area contributed by atoms with E-state index in [1.165, 1.54) is 6.42 Å². The zero-order valence-corrected chi connectivity index (χ0v) is 8.48. The summed E-state index contributed by atoms with van der Waals surface area (Å²) in [6.07, 6.45) is 3.39. The normalized spacial score (nSPS) is 23.2. The Labute approximate surface area is 83.8 Å². The number of aromatic nitrogens is 2. The molecule has 4 nitrogen and oxygen atoms in total. The molecule has 0 saturated heterocycles. The van der Waals surface area contributed by atoms with E-state index < -0.39 is 6.10 Å². The van der Waals surface area contributed by atoms with Crippen LogP contribution in [0, 0.1) is 5.92 Å². The first-order valence-corrected chi connectivity index (χ1v) is 5.14. The standard InChI is InChI=1S/C10H17N3O/c1-7-2-3-10-12-5-8(9(14)4-11)13(10)6-7/h5,7,9,14H,2-4,6,11H2,1H3. The number of aliphatic hydroxyl groups excluding tert-OH is 1. The summed E-state index contributed by atoms with van der Waals surface area (Å²) >= 11 is 0. The Balaban J connectivity index is 2.30. The summed E-state index contributed by atoms with van der Waals surface area (Å²) in [6, 6.07) is 0. The van der Waals surface area contributed by atoms with E-state index in [-0.39, 0.29) is 6.54 Å². The topological polar surface area (TPSA) is 64.1 Å². The third-order valence-electron chi connectivity index (χ3n) is 2.89. The lowest BCUT2D eigenvalue weighted by Crippen LogP contribution is -2.23. The van der Waals surface area contributed by atoms with Crippen LogP contribution in [-0.4, -0.2) is 21.2 Å². The Morgan fingerprint density at radius 3 is 3.29 bits per heavy atom. The monoisotopic (exact) mass is 195 g/mol. The van der Waals surface area contributed by atoms with Crippen LogP contribution in [0.3, 0.4) is 0 Å². The fraction of sp³-hybridized carbons (Fsp3) is 0.700. The Morgan fingerprint density at radius 2 is 2.57 bits per heavy atom. The van der Waals surface area contributed by atoms with Crippen molar-refractivity contribution in [1.29, 1.82) is 0 Å². The maximum Gasteiger partial charge on any atom is 0.108 e. The van der Waals surface area contributed by atoms with Crippen LogP contribution in [0.2, 0.25) is 0 Å². The Morgan fingerprint density at radius 1 is 1.79 bits per heavy atom. The Hall–Kier alpha value is -0.870. The molecule has 0 spiro atoms. The zero-order valence-electron chi connectivity index (χ0n) is 8.48. The predicted octanol–water partition coefficient (Wildman–Crippen LogP) is 0.457. The van der Waals surface area contributed by atoms with Crippen molar-refractivity contribution in [3.05, 3.63) is 17.7 Å². The van der Waals surface area contributed by atoms with E-state index in [4.69, 9.17) is 5.73 Å². The first-order chi connectivity index (χ1) is 6.72. The molecule has 2 rings (SSSR count). The van der Waals surface area contributed by atoms with E-state index in [2.05, 4.69) is 16.5 Å². The quantitative estimate of drug-likeness (QED) is 0.720. The molecular formula is C10H17N3O. The summed E-state index contributed by atoms with van der Waals surface area (Å²) in [7, 11) is 0. The van der Waals surface area contributed by atoms with Crippen LogP contribution in [-0.2, 0) is 13.0 Å². The van der Waals surface area contributed by atoms with Gasteiger partial charge in [0.15, 0.2) is 0 Å². The largest absolute Gasteiger partial charge is 0.385 e. The van der Waals surface area contributed by atoms with Crippen LogP contribution < -0.4 is 5.73 Å². The second-order valence-electron chi connectivity index (χ2n) is 4.11. The second-order valence-corrected chi connectivity index (χ2v) is 4.11. The van der Waals surface area contributed by atoms with Gasteiger partial charge in [0.1, 0.15) is 11.9 Å². The lowest BCUT2D eigenvalue weighted by Gasteiger charge is -2.23. The third-order valence-corrected chi connectivity index (χ3v) is 2.89. The smallest absolute Gasteiger partial charge is 0.108 e. The maximum absolute atomic E-state index is 9.67. The molecule has 0 radical (unpaired) electrons. The fourth-order valence-corrected chi connectivity index (χ4v) is 2.00. The van der Waals surface area contributed by atoms with Crippen LogP contribution in [0.1, 0.15) is 31.0 Å². The molecule has 2 unspecified atom stereocenters. The van der Waals surface area contributed by atoms with Gasteiger partial charge in [0.2, 0.25) is 0 Å². The Kier molecular flexibility index (Phi) is 2.56. The zero-order chi connectivity index (χ0) is 10.1. The highest BCUT2D eigenvalue weighted by atomic mass is 16.3. The minimum atomic E-state index is -0.568. The van der Waals surface area contributed by atoms with Gasteiger partial charge >= 0.3 is 0 Å². The maximum atomic E-state index is 9.67. The third kappa shape index (κ3) is 1.55. The van der Waals surface area contributed by atoms with Crippen LogP contribution in [0.5, 0.6) is 0 Å². The van der Waals surface area contributed by atoms with E-state index in [9.17, 15) is 5.11 Å². The molecule has 2 heterocycles. The van der Waals surface area contributed by atoms with Gasteiger partial charge < -0.3 is 15.4 Å². The number of nitrogens with two attached hydrogens (primary N) is 1. The molecule has 0 fully saturated rings. The van der Waals surface area contributed by atoms with Crippen molar-refractivity contribution in [2.45, 2.75) is 32.4 Å². The van der Waals surface area contributed by atoms with Crippen LogP contribution in [0.4, 0.5) is 0 Å².